The van der Waals surface area contributed by atoms with Crippen LogP contribution in [0.1, 0.15) is 17.5 Å². The van der Waals surface area contributed by atoms with Gasteiger partial charge >= 0.3 is 0 Å². The lowest BCUT2D eigenvalue weighted by molar-refractivity contribution is 0.0716. The van der Waals surface area contributed by atoms with E-state index in [0.29, 0.717) is 18.8 Å². The van der Waals surface area contributed by atoms with Crippen LogP contribution in [-0.2, 0) is 6.54 Å². The molecule has 0 unspecified atom stereocenters. The number of para-hydroxylation sites is 1. The van der Waals surface area contributed by atoms with Gasteiger partial charge in [0.1, 0.15) is 5.58 Å². The van der Waals surface area contributed by atoms with Crippen LogP contribution in [0.4, 0.5) is 5.95 Å². The number of amides is 1. The molecule has 0 radical (unpaired) electrons. The summed E-state index contributed by atoms with van der Waals surface area (Å²) in [5.41, 5.74) is 0.754. The average molecular weight is 361 g/mol. The first kappa shape index (κ1) is 17.4. The summed E-state index contributed by atoms with van der Waals surface area (Å²) in [5, 5.41) is 0.962. The van der Waals surface area contributed by atoms with Crippen LogP contribution in [-0.4, -0.2) is 46.5 Å². The van der Waals surface area contributed by atoms with Crippen molar-refractivity contribution in [2.24, 2.45) is 0 Å². The Morgan fingerprint density at radius 3 is 2.68 bits per heavy atom. The number of hydrogen-bond acceptors (Lipinski definition) is 4. The van der Waals surface area contributed by atoms with Gasteiger partial charge in [-0.1, -0.05) is 18.2 Å². The summed E-state index contributed by atoms with van der Waals surface area (Å²) in [6.45, 7) is 5.91. The molecule has 132 valence electrons. The van der Waals surface area contributed by atoms with Crippen LogP contribution in [0.3, 0.4) is 0 Å². The molecule has 0 saturated carbocycles. The van der Waals surface area contributed by atoms with Crippen LogP contribution >= 0.6 is 12.4 Å². The maximum atomic E-state index is 12.7. The number of halogens is 1. The minimum Gasteiger partial charge on any atom is -0.451 e. The number of hydrogen-bond donors (Lipinski definition) is 0. The zero-order valence-corrected chi connectivity index (χ0v) is 14.9. The highest BCUT2D eigenvalue weighted by molar-refractivity contribution is 5.96. The van der Waals surface area contributed by atoms with Crippen molar-refractivity contribution in [1.82, 2.24) is 14.5 Å². The maximum Gasteiger partial charge on any atom is 0.289 e. The van der Waals surface area contributed by atoms with Crippen LogP contribution < -0.4 is 4.90 Å². The number of carbonyl (C=O) groups excluding carboxylic acids is 1. The van der Waals surface area contributed by atoms with E-state index in [0.717, 1.165) is 36.6 Å². The van der Waals surface area contributed by atoms with Crippen molar-refractivity contribution in [3.8, 4) is 0 Å². The normalized spacial score (nSPS) is 14.6. The fourth-order valence-corrected chi connectivity index (χ4v) is 3.18. The number of carbonyl (C=O) groups is 1. The SMILES string of the molecule is CCn1ccnc1N1CCN(C(=O)c2cc3ccccc3o2)CC1.Cl. The van der Waals surface area contributed by atoms with E-state index < -0.39 is 0 Å². The Morgan fingerprint density at radius 1 is 1.20 bits per heavy atom. The molecular weight excluding hydrogens is 340 g/mol. The summed E-state index contributed by atoms with van der Waals surface area (Å²) < 4.78 is 7.82. The molecule has 4 rings (SSSR count). The number of benzene rings is 1. The molecule has 1 saturated heterocycles. The first-order chi connectivity index (χ1) is 11.8. The molecule has 3 aromatic rings. The summed E-state index contributed by atoms with van der Waals surface area (Å²) in [5.74, 6) is 1.36. The molecule has 7 heteroatoms. The van der Waals surface area contributed by atoms with Crippen molar-refractivity contribution in [3.05, 3.63) is 48.5 Å². The molecule has 25 heavy (non-hydrogen) atoms. The monoisotopic (exact) mass is 360 g/mol. The number of aromatic nitrogens is 2. The Hall–Kier alpha value is -2.47. The molecule has 1 aliphatic rings. The number of anilines is 1. The van der Waals surface area contributed by atoms with Crippen molar-refractivity contribution < 1.29 is 9.21 Å². The Labute approximate surface area is 152 Å². The second-order valence-electron chi connectivity index (χ2n) is 5.94. The smallest absolute Gasteiger partial charge is 0.289 e. The third-order valence-corrected chi connectivity index (χ3v) is 4.52. The molecule has 3 heterocycles. The molecule has 6 nitrogen and oxygen atoms in total. The van der Waals surface area contributed by atoms with Gasteiger partial charge in [0, 0.05) is 50.5 Å². The molecule has 0 aliphatic carbocycles. The fourth-order valence-electron chi connectivity index (χ4n) is 3.18. The Kier molecular flexibility index (Phi) is 4.99. The lowest BCUT2D eigenvalue weighted by Gasteiger charge is -2.35. The van der Waals surface area contributed by atoms with Crippen LogP contribution in [0.15, 0.2) is 47.1 Å². The van der Waals surface area contributed by atoms with Gasteiger partial charge in [-0.05, 0) is 19.1 Å². The fraction of sp³-hybridized carbons (Fsp3) is 0.333. The van der Waals surface area contributed by atoms with Crippen molar-refractivity contribution in [2.75, 3.05) is 31.1 Å². The summed E-state index contributed by atoms with van der Waals surface area (Å²) in [4.78, 5) is 21.2. The van der Waals surface area contributed by atoms with Gasteiger partial charge in [0.05, 0.1) is 0 Å². The summed E-state index contributed by atoms with van der Waals surface area (Å²) in [6, 6.07) is 9.52. The number of imidazole rings is 1. The molecule has 1 amide bonds. The first-order valence-corrected chi connectivity index (χ1v) is 8.30. The van der Waals surface area contributed by atoms with Crippen molar-refractivity contribution in [1.29, 1.82) is 0 Å². The predicted molar refractivity (Wildman–Crippen MR) is 99.5 cm³/mol. The number of nitrogens with zero attached hydrogens (tertiary/aromatic N) is 4. The van der Waals surface area contributed by atoms with E-state index in [1.165, 1.54) is 0 Å². The molecule has 1 aromatic carbocycles. The molecular formula is C18H21ClN4O2. The highest BCUT2D eigenvalue weighted by atomic mass is 35.5. The highest BCUT2D eigenvalue weighted by Crippen LogP contribution is 2.21. The van der Waals surface area contributed by atoms with E-state index in [1.807, 2.05) is 47.6 Å². The van der Waals surface area contributed by atoms with Gasteiger partial charge in [-0.2, -0.15) is 0 Å². The van der Waals surface area contributed by atoms with Gasteiger partial charge in [0.2, 0.25) is 5.95 Å². The van der Waals surface area contributed by atoms with Crippen molar-refractivity contribution in [2.45, 2.75) is 13.5 Å². The van der Waals surface area contributed by atoms with E-state index in [4.69, 9.17) is 4.42 Å². The van der Waals surface area contributed by atoms with E-state index >= 15 is 0 Å². The third-order valence-electron chi connectivity index (χ3n) is 4.52. The zero-order chi connectivity index (χ0) is 16.5. The Bertz CT molecular complexity index is 832. The Morgan fingerprint density at radius 2 is 1.96 bits per heavy atom. The Balaban J connectivity index is 0.00000182. The second-order valence-corrected chi connectivity index (χ2v) is 5.94. The number of fused-ring (bicyclic) bond motifs is 1. The largest absolute Gasteiger partial charge is 0.451 e. The number of aryl methyl sites for hydroxylation is 1. The standard InChI is InChI=1S/C18H20N4O2.ClH/c1-2-20-8-7-19-18(20)22-11-9-21(10-12-22)17(23)16-13-14-5-3-4-6-15(14)24-16;/h3-8,13H,2,9-12H2,1H3;1H. The molecule has 0 atom stereocenters. The number of furan rings is 1. The lowest BCUT2D eigenvalue weighted by atomic mass is 10.2. The minimum absolute atomic E-state index is 0. The van der Waals surface area contributed by atoms with Crippen LogP contribution in [0.2, 0.25) is 0 Å². The van der Waals surface area contributed by atoms with Gasteiger partial charge in [-0.3, -0.25) is 4.79 Å². The maximum absolute atomic E-state index is 12.7. The van der Waals surface area contributed by atoms with E-state index in [-0.39, 0.29) is 18.3 Å². The predicted octanol–water partition coefficient (Wildman–Crippen LogP) is 3.03. The zero-order valence-electron chi connectivity index (χ0n) is 14.1. The van der Waals surface area contributed by atoms with E-state index in [9.17, 15) is 4.79 Å². The van der Waals surface area contributed by atoms with Crippen molar-refractivity contribution in [3.63, 3.8) is 0 Å². The average Bonchev–Trinajstić information content (AvgIpc) is 3.27. The number of rotatable bonds is 3. The summed E-state index contributed by atoms with van der Waals surface area (Å²) >= 11 is 0. The topological polar surface area (TPSA) is 54.5 Å². The summed E-state index contributed by atoms with van der Waals surface area (Å²) in [6.07, 6.45) is 3.81. The molecule has 1 aliphatic heterocycles. The second kappa shape index (κ2) is 7.19. The molecule has 0 spiro atoms. The van der Waals surface area contributed by atoms with Crippen molar-refractivity contribution >= 4 is 35.2 Å². The van der Waals surface area contributed by atoms with Gasteiger partial charge in [-0.15, -0.1) is 12.4 Å². The molecule has 0 N–H and O–H groups in total. The van der Waals surface area contributed by atoms with Crippen LogP contribution in [0.5, 0.6) is 0 Å². The van der Waals surface area contributed by atoms with Gasteiger partial charge < -0.3 is 18.8 Å². The molecule has 2 aromatic heterocycles. The van der Waals surface area contributed by atoms with E-state index in [2.05, 4.69) is 21.4 Å². The lowest BCUT2D eigenvalue weighted by Crippen LogP contribution is -2.49. The van der Waals surface area contributed by atoms with Crippen LogP contribution in [0.25, 0.3) is 11.0 Å². The highest BCUT2D eigenvalue weighted by Gasteiger charge is 2.26. The van der Waals surface area contributed by atoms with E-state index in [1.54, 1.807) is 0 Å². The van der Waals surface area contributed by atoms with Crippen LogP contribution in [0, 0.1) is 0 Å². The van der Waals surface area contributed by atoms with Gasteiger partial charge in [0.15, 0.2) is 5.76 Å². The number of piperazine rings is 1. The molecule has 0 bridgehead atoms. The molecule has 1 fully saturated rings. The quantitative estimate of drug-likeness (QED) is 0.720. The third kappa shape index (κ3) is 3.22. The summed E-state index contributed by atoms with van der Waals surface area (Å²) in [7, 11) is 0. The van der Waals surface area contributed by atoms with Gasteiger partial charge in [-0.25, -0.2) is 4.98 Å². The first-order valence-electron chi connectivity index (χ1n) is 8.30. The van der Waals surface area contributed by atoms with Gasteiger partial charge in [0.25, 0.3) is 5.91 Å². The minimum atomic E-state index is -0.0373.